The summed E-state index contributed by atoms with van der Waals surface area (Å²) in [5.74, 6) is 0. The first-order valence-electron chi connectivity index (χ1n) is 7.87. The minimum atomic E-state index is -1.88. The molecule has 0 aromatic carbocycles. The Morgan fingerprint density at radius 3 is 2.17 bits per heavy atom. The maximum atomic E-state index is 10.5. The van der Waals surface area contributed by atoms with Gasteiger partial charge in [-0.1, -0.05) is 20.8 Å². The highest BCUT2D eigenvalue weighted by Crippen LogP contribution is 2.37. The van der Waals surface area contributed by atoms with Crippen LogP contribution in [0.15, 0.2) is 11.6 Å². The van der Waals surface area contributed by atoms with Crippen molar-refractivity contribution in [3.63, 3.8) is 0 Å². The lowest BCUT2D eigenvalue weighted by molar-refractivity contribution is -0.159. The summed E-state index contributed by atoms with van der Waals surface area (Å²) in [5.41, 5.74) is 0.789. The van der Waals surface area contributed by atoms with Gasteiger partial charge in [0.1, 0.15) is 31.9 Å². The fourth-order valence-corrected chi connectivity index (χ4v) is 2.99. The van der Waals surface area contributed by atoms with Gasteiger partial charge in [-0.3, -0.25) is 0 Å². The molecule has 23 heavy (non-hydrogen) atoms. The van der Waals surface area contributed by atoms with Crippen LogP contribution in [0.5, 0.6) is 0 Å². The molecular weight excluding hydrogens is 316 g/mol. The Morgan fingerprint density at radius 2 is 1.65 bits per heavy atom. The molecule has 3 atom stereocenters. The molecule has 0 heterocycles. The van der Waals surface area contributed by atoms with Gasteiger partial charge in [0.25, 0.3) is 0 Å². The molecule has 0 saturated heterocycles. The lowest BCUT2D eigenvalue weighted by Crippen LogP contribution is -2.42. The van der Waals surface area contributed by atoms with Crippen LogP contribution in [0.3, 0.4) is 0 Å². The van der Waals surface area contributed by atoms with E-state index in [1.54, 1.807) is 14.2 Å². The molecule has 1 aliphatic carbocycles. The third-order valence-electron chi connectivity index (χ3n) is 4.56. The lowest BCUT2D eigenvalue weighted by Gasteiger charge is -2.36. The summed E-state index contributed by atoms with van der Waals surface area (Å²) in [6.07, 6.45) is 0.218. The highest BCUT2D eigenvalue weighted by Gasteiger charge is 2.41. The van der Waals surface area contributed by atoms with Gasteiger partial charge >= 0.3 is 0 Å². The molecule has 0 unspecified atom stereocenters. The molecule has 0 aliphatic heterocycles. The van der Waals surface area contributed by atoms with Crippen LogP contribution in [0.2, 0.25) is 18.1 Å². The fourth-order valence-electron chi connectivity index (χ4n) is 2.03. The molecule has 0 bridgehead atoms. The molecule has 0 radical (unpaired) electrons. The smallest absolute Gasteiger partial charge is 0.192 e. The van der Waals surface area contributed by atoms with E-state index >= 15 is 0 Å². The van der Waals surface area contributed by atoms with Gasteiger partial charge in [-0.05, 0) is 29.8 Å². The number of methoxy groups -OCH3 is 2. The van der Waals surface area contributed by atoms with Gasteiger partial charge in [-0.15, -0.1) is 0 Å². The number of aliphatic hydroxyl groups is 1. The van der Waals surface area contributed by atoms with Crippen molar-refractivity contribution < 1.29 is 28.5 Å². The normalized spacial score (nSPS) is 25.7. The molecule has 0 amide bonds. The van der Waals surface area contributed by atoms with E-state index in [1.807, 2.05) is 6.08 Å². The second-order valence-electron chi connectivity index (χ2n) is 7.31. The summed E-state index contributed by atoms with van der Waals surface area (Å²) < 4.78 is 27.2. The van der Waals surface area contributed by atoms with Crippen LogP contribution in [-0.2, 0) is 23.4 Å². The summed E-state index contributed by atoms with van der Waals surface area (Å²) in [6.45, 7) is 11.6. The fraction of sp³-hybridized carbons (Fsp3) is 0.875. The van der Waals surface area contributed by atoms with E-state index in [0.29, 0.717) is 6.61 Å². The predicted octanol–water partition coefficient (Wildman–Crippen LogP) is 2.29. The summed E-state index contributed by atoms with van der Waals surface area (Å²) >= 11 is 0. The number of hydrogen-bond donors (Lipinski definition) is 1. The Balaban J connectivity index is 2.73. The van der Waals surface area contributed by atoms with Gasteiger partial charge in [0.2, 0.25) is 0 Å². The first kappa shape index (κ1) is 20.8. The standard InChI is InChI=1S/C16H32O6Si/c1-16(2,3)23(6,7)22-9-12-8-13(20-10-18-4)15(14(12)17)21-11-19-5/h8,13-15,17H,9-11H2,1-7H3/t13-,14-,15+/m0/s1. The van der Waals surface area contributed by atoms with Crippen LogP contribution in [0.1, 0.15) is 20.8 Å². The first-order valence-corrected chi connectivity index (χ1v) is 10.8. The Kier molecular flexibility index (Phi) is 7.86. The molecule has 7 heteroatoms. The molecule has 0 aromatic rings. The summed E-state index contributed by atoms with van der Waals surface area (Å²) in [6, 6.07) is 0. The molecule has 6 nitrogen and oxygen atoms in total. The zero-order valence-electron chi connectivity index (χ0n) is 15.4. The van der Waals surface area contributed by atoms with Gasteiger partial charge in [-0.2, -0.15) is 0 Å². The highest BCUT2D eigenvalue weighted by atomic mass is 28.4. The van der Waals surface area contributed by atoms with Crippen molar-refractivity contribution >= 4 is 8.32 Å². The topological polar surface area (TPSA) is 66.4 Å². The maximum Gasteiger partial charge on any atom is 0.192 e. The van der Waals surface area contributed by atoms with Crippen molar-refractivity contribution in [1.29, 1.82) is 0 Å². The molecule has 1 N–H and O–H groups in total. The summed E-state index contributed by atoms with van der Waals surface area (Å²) in [7, 11) is 1.22. The number of aliphatic hydroxyl groups excluding tert-OH is 1. The van der Waals surface area contributed by atoms with E-state index in [4.69, 9.17) is 23.4 Å². The van der Waals surface area contributed by atoms with E-state index in [-0.39, 0.29) is 24.7 Å². The van der Waals surface area contributed by atoms with Crippen molar-refractivity contribution in [2.24, 2.45) is 0 Å². The Labute approximate surface area is 140 Å². The van der Waals surface area contributed by atoms with Crippen LogP contribution in [0, 0.1) is 0 Å². The van der Waals surface area contributed by atoms with Gasteiger partial charge in [0.05, 0.1) is 6.61 Å². The van der Waals surface area contributed by atoms with Crippen molar-refractivity contribution in [3.05, 3.63) is 11.6 Å². The lowest BCUT2D eigenvalue weighted by atomic mass is 10.1. The number of ether oxygens (including phenoxy) is 4. The summed E-state index contributed by atoms with van der Waals surface area (Å²) in [5, 5.41) is 10.6. The van der Waals surface area contributed by atoms with Gasteiger partial charge in [0, 0.05) is 14.2 Å². The zero-order valence-corrected chi connectivity index (χ0v) is 16.4. The molecule has 136 valence electrons. The van der Waals surface area contributed by atoms with Gasteiger partial charge in [-0.25, -0.2) is 0 Å². The predicted molar refractivity (Wildman–Crippen MR) is 90.7 cm³/mol. The first-order chi connectivity index (χ1) is 10.6. The van der Waals surface area contributed by atoms with Crippen molar-refractivity contribution in [3.8, 4) is 0 Å². The van der Waals surface area contributed by atoms with Crippen LogP contribution in [0.25, 0.3) is 0 Å². The zero-order chi connectivity index (χ0) is 17.7. The SMILES string of the molecule is COCO[C@@H]1[C@@H](OCOC)C=C(CO[Si](C)(C)C(C)(C)C)[C@@H]1O. The second kappa shape index (κ2) is 8.71. The average Bonchev–Trinajstić information content (AvgIpc) is 2.75. The van der Waals surface area contributed by atoms with Crippen LogP contribution >= 0.6 is 0 Å². The Morgan fingerprint density at radius 1 is 1.09 bits per heavy atom. The molecule has 1 rings (SSSR count). The van der Waals surface area contributed by atoms with E-state index in [0.717, 1.165) is 5.57 Å². The Bertz CT molecular complexity index is 391. The van der Waals surface area contributed by atoms with E-state index in [9.17, 15) is 5.11 Å². The molecule has 1 aliphatic rings. The number of rotatable bonds is 9. The third-order valence-corrected chi connectivity index (χ3v) is 9.03. The quantitative estimate of drug-likeness (QED) is 0.392. The monoisotopic (exact) mass is 348 g/mol. The largest absolute Gasteiger partial charge is 0.413 e. The van der Waals surface area contributed by atoms with Crippen LogP contribution in [0.4, 0.5) is 0 Å². The van der Waals surface area contributed by atoms with E-state index in [1.165, 1.54) is 0 Å². The highest BCUT2D eigenvalue weighted by molar-refractivity contribution is 6.74. The van der Waals surface area contributed by atoms with E-state index < -0.39 is 20.5 Å². The maximum absolute atomic E-state index is 10.5. The van der Waals surface area contributed by atoms with Crippen molar-refractivity contribution in [2.45, 2.75) is 57.2 Å². The van der Waals surface area contributed by atoms with Gasteiger partial charge in [0.15, 0.2) is 8.32 Å². The minimum absolute atomic E-state index is 0.0960. The van der Waals surface area contributed by atoms with Crippen LogP contribution in [-0.4, -0.2) is 66.1 Å². The minimum Gasteiger partial charge on any atom is -0.413 e. The number of hydrogen-bond acceptors (Lipinski definition) is 6. The van der Waals surface area contributed by atoms with Crippen molar-refractivity contribution in [2.75, 3.05) is 34.4 Å². The van der Waals surface area contributed by atoms with Gasteiger partial charge < -0.3 is 28.5 Å². The van der Waals surface area contributed by atoms with Crippen molar-refractivity contribution in [1.82, 2.24) is 0 Å². The van der Waals surface area contributed by atoms with E-state index in [2.05, 4.69) is 33.9 Å². The molecule has 0 spiro atoms. The Hall–Kier alpha value is -0.283. The molecule has 0 fully saturated rings. The average molecular weight is 349 g/mol. The molecule has 0 saturated carbocycles. The van der Waals surface area contributed by atoms with Crippen LogP contribution < -0.4 is 0 Å². The molecular formula is C16H32O6Si. The third kappa shape index (κ3) is 5.63. The summed E-state index contributed by atoms with van der Waals surface area (Å²) in [4.78, 5) is 0. The second-order valence-corrected chi connectivity index (χ2v) is 12.1. The molecule has 0 aromatic heterocycles.